The summed E-state index contributed by atoms with van der Waals surface area (Å²) in [5.74, 6) is -1.80. The fourth-order valence-corrected chi connectivity index (χ4v) is 1.67. The standard InChI is InChI=1S/C12H21NO5/c1-17-6-7-18-5-3-2-4-13-11(14)9-8-10(9)12(15)16/h9-10H,2-8H2,1H3,(H,13,14)(H,15,16)/t9-,10+/m1/s1. The fraction of sp³-hybridized carbons (Fsp3) is 0.833. The topological polar surface area (TPSA) is 84.9 Å². The number of methoxy groups -OCH3 is 1. The van der Waals surface area contributed by atoms with Gasteiger partial charge in [-0.2, -0.15) is 0 Å². The molecule has 0 radical (unpaired) electrons. The first kappa shape index (κ1) is 14.9. The Kier molecular flexibility index (Phi) is 6.67. The van der Waals surface area contributed by atoms with Crippen LogP contribution < -0.4 is 5.32 Å². The van der Waals surface area contributed by atoms with E-state index < -0.39 is 11.9 Å². The monoisotopic (exact) mass is 259 g/mol. The molecule has 6 nitrogen and oxygen atoms in total. The average molecular weight is 259 g/mol. The smallest absolute Gasteiger partial charge is 0.307 e. The molecular weight excluding hydrogens is 238 g/mol. The summed E-state index contributed by atoms with van der Waals surface area (Å²) in [6.45, 7) is 2.41. The number of carboxylic acids is 1. The van der Waals surface area contributed by atoms with Crippen LogP contribution in [0.5, 0.6) is 0 Å². The minimum absolute atomic E-state index is 0.136. The quantitative estimate of drug-likeness (QED) is 0.550. The van der Waals surface area contributed by atoms with Crippen LogP contribution in [0, 0.1) is 11.8 Å². The zero-order valence-corrected chi connectivity index (χ0v) is 10.7. The third-order valence-electron chi connectivity index (χ3n) is 2.89. The van der Waals surface area contributed by atoms with Gasteiger partial charge in [-0.3, -0.25) is 9.59 Å². The van der Waals surface area contributed by atoms with Crippen molar-refractivity contribution in [3.63, 3.8) is 0 Å². The minimum Gasteiger partial charge on any atom is -0.481 e. The van der Waals surface area contributed by atoms with Crippen LogP contribution in [0.1, 0.15) is 19.3 Å². The molecule has 0 aromatic heterocycles. The third-order valence-corrected chi connectivity index (χ3v) is 2.89. The molecule has 0 saturated heterocycles. The lowest BCUT2D eigenvalue weighted by atomic mass is 10.3. The molecule has 2 N–H and O–H groups in total. The Balaban J connectivity index is 1.89. The summed E-state index contributed by atoms with van der Waals surface area (Å²) < 4.78 is 10.1. The first-order valence-corrected chi connectivity index (χ1v) is 6.24. The van der Waals surface area contributed by atoms with Crippen molar-refractivity contribution in [2.75, 3.05) is 33.5 Å². The highest BCUT2D eigenvalue weighted by atomic mass is 16.5. The highest BCUT2D eigenvalue weighted by molar-refractivity contribution is 5.89. The van der Waals surface area contributed by atoms with Crippen LogP contribution in [-0.2, 0) is 19.1 Å². The van der Waals surface area contributed by atoms with Crippen molar-refractivity contribution < 1.29 is 24.2 Å². The van der Waals surface area contributed by atoms with Crippen LogP contribution in [0.15, 0.2) is 0 Å². The molecular formula is C12H21NO5. The molecule has 1 rings (SSSR count). The maximum atomic E-state index is 11.5. The number of ether oxygens (including phenoxy) is 2. The van der Waals surface area contributed by atoms with Crippen molar-refractivity contribution in [1.29, 1.82) is 0 Å². The summed E-state index contributed by atoms with van der Waals surface area (Å²) in [7, 11) is 1.63. The Morgan fingerprint density at radius 3 is 2.61 bits per heavy atom. The first-order valence-electron chi connectivity index (χ1n) is 6.24. The highest BCUT2D eigenvalue weighted by Crippen LogP contribution is 2.38. The summed E-state index contributed by atoms with van der Waals surface area (Å²) in [5, 5.41) is 11.4. The third kappa shape index (κ3) is 5.46. The maximum Gasteiger partial charge on any atom is 0.307 e. The van der Waals surface area contributed by atoms with Gasteiger partial charge >= 0.3 is 5.97 Å². The van der Waals surface area contributed by atoms with Crippen LogP contribution in [0.25, 0.3) is 0 Å². The predicted octanol–water partition coefficient (Wildman–Crippen LogP) is 0.267. The van der Waals surface area contributed by atoms with Gasteiger partial charge in [0.1, 0.15) is 0 Å². The Bertz CT molecular complexity index is 282. The van der Waals surface area contributed by atoms with Gasteiger partial charge in [0.2, 0.25) is 5.91 Å². The SMILES string of the molecule is COCCOCCCCNC(=O)[C@@H]1C[C@@H]1C(=O)O. The van der Waals surface area contributed by atoms with Crippen molar-refractivity contribution in [1.82, 2.24) is 5.32 Å². The second kappa shape index (κ2) is 8.05. The summed E-state index contributed by atoms with van der Waals surface area (Å²) in [4.78, 5) is 22.0. The van der Waals surface area contributed by atoms with Gasteiger partial charge in [0.25, 0.3) is 0 Å². The second-order valence-electron chi connectivity index (χ2n) is 4.39. The molecule has 1 aliphatic rings. The van der Waals surface area contributed by atoms with Gasteiger partial charge in [-0.25, -0.2) is 0 Å². The van der Waals surface area contributed by atoms with Crippen molar-refractivity contribution >= 4 is 11.9 Å². The van der Waals surface area contributed by atoms with E-state index in [1.165, 1.54) is 0 Å². The number of hydrogen-bond acceptors (Lipinski definition) is 4. The molecule has 0 aromatic rings. The zero-order valence-electron chi connectivity index (χ0n) is 10.7. The van der Waals surface area contributed by atoms with Crippen LogP contribution in [-0.4, -0.2) is 50.5 Å². The Hall–Kier alpha value is -1.14. The number of amides is 1. The number of carboxylic acid groups (broad SMARTS) is 1. The Morgan fingerprint density at radius 1 is 1.22 bits per heavy atom. The predicted molar refractivity (Wildman–Crippen MR) is 64.2 cm³/mol. The molecule has 1 saturated carbocycles. The highest BCUT2D eigenvalue weighted by Gasteiger charge is 2.48. The summed E-state index contributed by atoms with van der Waals surface area (Å²) in [6, 6.07) is 0. The van der Waals surface area contributed by atoms with Gasteiger partial charge in [-0.05, 0) is 19.3 Å². The van der Waals surface area contributed by atoms with Crippen LogP contribution >= 0.6 is 0 Å². The van der Waals surface area contributed by atoms with E-state index in [2.05, 4.69) is 5.32 Å². The molecule has 104 valence electrons. The maximum absolute atomic E-state index is 11.5. The van der Waals surface area contributed by atoms with Crippen LogP contribution in [0.2, 0.25) is 0 Å². The molecule has 6 heteroatoms. The molecule has 0 unspecified atom stereocenters. The molecule has 0 aromatic carbocycles. The molecule has 18 heavy (non-hydrogen) atoms. The molecule has 0 heterocycles. The van der Waals surface area contributed by atoms with E-state index in [0.717, 1.165) is 12.8 Å². The van der Waals surface area contributed by atoms with Crippen molar-refractivity contribution in [3.8, 4) is 0 Å². The first-order chi connectivity index (χ1) is 8.66. The molecule has 0 bridgehead atoms. The van der Waals surface area contributed by atoms with Crippen molar-refractivity contribution in [2.45, 2.75) is 19.3 Å². The molecule has 1 amide bonds. The largest absolute Gasteiger partial charge is 0.481 e. The van der Waals surface area contributed by atoms with Gasteiger partial charge in [0.05, 0.1) is 25.0 Å². The molecule has 0 aliphatic heterocycles. The number of rotatable bonds is 10. The summed E-state index contributed by atoms with van der Waals surface area (Å²) >= 11 is 0. The lowest BCUT2D eigenvalue weighted by Crippen LogP contribution is -2.27. The van der Waals surface area contributed by atoms with Gasteiger partial charge in [-0.1, -0.05) is 0 Å². The lowest BCUT2D eigenvalue weighted by Gasteiger charge is -2.05. The zero-order chi connectivity index (χ0) is 13.4. The summed E-state index contributed by atoms with van der Waals surface area (Å²) in [5.41, 5.74) is 0. The van der Waals surface area contributed by atoms with Gasteiger partial charge in [-0.15, -0.1) is 0 Å². The fourth-order valence-electron chi connectivity index (χ4n) is 1.67. The molecule has 1 fully saturated rings. The van der Waals surface area contributed by atoms with Crippen LogP contribution in [0.4, 0.5) is 0 Å². The van der Waals surface area contributed by atoms with Gasteiger partial charge < -0.3 is 19.9 Å². The van der Waals surface area contributed by atoms with Crippen molar-refractivity contribution in [2.24, 2.45) is 11.8 Å². The average Bonchev–Trinajstić information content (AvgIpc) is 3.12. The van der Waals surface area contributed by atoms with E-state index in [0.29, 0.717) is 32.8 Å². The van der Waals surface area contributed by atoms with E-state index in [1.54, 1.807) is 7.11 Å². The molecule has 0 spiro atoms. The van der Waals surface area contributed by atoms with E-state index in [9.17, 15) is 9.59 Å². The van der Waals surface area contributed by atoms with Gasteiger partial charge in [0, 0.05) is 20.3 Å². The van der Waals surface area contributed by atoms with Crippen molar-refractivity contribution in [3.05, 3.63) is 0 Å². The van der Waals surface area contributed by atoms with E-state index >= 15 is 0 Å². The number of nitrogens with one attached hydrogen (secondary N) is 1. The van der Waals surface area contributed by atoms with E-state index in [4.69, 9.17) is 14.6 Å². The number of unbranched alkanes of at least 4 members (excludes halogenated alkanes) is 1. The normalized spacial score (nSPS) is 21.6. The lowest BCUT2D eigenvalue weighted by molar-refractivity contribution is -0.140. The van der Waals surface area contributed by atoms with E-state index in [-0.39, 0.29) is 11.8 Å². The van der Waals surface area contributed by atoms with Gasteiger partial charge in [0.15, 0.2) is 0 Å². The molecule has 1 aliphatic carbocycles. The van der Waals surface area contributed by atoms with Crippen LogP contribution in [0.3, 0.4) is 0 Å². The Morgan fingerprint density at radius 2 is 2.00 bits per heavy atom. The summed E-state index contributed by atoms with van der Waals surface area (Å²) in [6.07, 6.45) is 2.18. The molecule has 2 atom stereocenters. The Labute approximate surface area is 107 Å². The second-order valence-corrected chi connectivity index (χ2v) is 4.39. The number of aliphatic carboxylic acids is 1. The number of carbonyl (C=O) groups is 2. The number of hydrogen-bond donors (Lipinski definition) is 2. The van der Waals surface area contributed by atoms with E-state index in [1.807, 2.05) is 0 Å². The number of carbonyl (C=O) groups excluding carboxylic acids is 1. The minimum atomic E-state index is -0.873.